The van der Waals surface area contributed by atoms with Crippen LogP contribution in [0.4, 0.5) is 18.2 Å². The van der Waals surface area contributed by atoms with Gasteiger partial charge in [-0.3, -0.25) is 0 Å². The number of ether oxygens (including phenoxy) is 1. The Bertz CT molecular complexity index is 838. The molecule has 0 aliphatic carbocycles. The fourth-order valence-electron chi connectivity index (χ4n) is 1.93. The molecule has 0 unspecified atom stereocenters. The topological polar surface area (TPSA) is 107 Å². The van der Waals surface area contributed by atoms with Crippen molar-refractivity contribution < 1.29 is 22.7 Å². The molecule has 7 nitrogen and oxygen atoms in total. The number of alkyl halides is 3. The summed E-state index contributed by atoms with van der Waals surface area (Å²) in [6.45, 7) is 1.77. The van der Waals surface area contributed by atoms with E-state index in [1.165, 1.54) is 7.05 Å². The Labute approximate surface area is 148 Å². The van der Waals surface area contributed by atoms with Crippen molar-refractivity contribution in [2.75, 3.05) is 12.3 Å². The molecule has 2 heterocycles. The monoisotopic (exact) mass is 391 g/mol. The highest BCUT2D eigenvalue weighted by Crippen LogP contribution is 2.36. The molecule has 0 saturated carbocycles. The van der Waals surface area contributed by atoms with Crippen LogP contribution in [0.5, 0.6) is 0 Å². The summed E-state index contributed by atoms with van der Waals surface area (Å²) in [6.07, 6.45) is -4.62. The van der Waals surface area contributed by atoms with Crippen LogP contribution >= 0.6 is 23.1 Å². The van der Waals surface area contributed by atoms with Gasteiger partial charge in [0.2, 0.25) is 5.82 Å². The number of thiophene rings is 1. The molecule has 0 saturated heterocycles. The lowest BCUT2D eigenvalue weighted by atomic mass is 10.2. The number of nitrogens with two attached hydrogens (primary N) is 1. The SMILES string of the molecule is CCOC(=O)c1sc(N)c(C#N)c1CSc1nnc(C(F)(F)F)n1C. The smallest absolute Gasteiger partial charge is 0.451 e. The molecule has 2 aromatic rings. The highest BCUT2D eigenvalue weighted by atomic mass is 32.2. The molecule has 2 aromatic heterocycles. The van der Waals surface area contributed by atoms with Gasteiger partial charge in [0, 0.05) is 18.4 Å². The number of anilines is 1. The molecule has 0 atom stereocenters. The Morgan fingerprint density at radius 3 is 2.68 bits per heavy atom. The maximum atomic E-state index is 12.8. The second kappa shape index (κ2) is 7.32. The third kappa shape index (κ3) is 3.88. The van der Waals surface area contributed by atoms with Crippen LogP contribution in [-0.2, 0) is 23.7 Å². The molecule has 25 heavy (non-hydrogen) atoms. The molecule has 2 rings (SSSR count). The van der Waals surface area contributed by atoms with Gasteiger partial charge in [-0.05, 0) is 6.92 Å². The number of aromatic nitrogens is 3. The normalized spacial score (nSPS) is 11.4. The maximum Gasteiger partial charge on any atom is 0.451 e. The first-order valence-corrected chi connectivity index (χ1v) is 8.58. The van der Waals surface area contributed by atoms with E-state index in [0.29, 0.717) is 5.56 Å². The maximum absolute atomic E-state index is 12.8. The lowest BCUT2D eigenvalue weighted by Gasteiger charge is -2.07. The van der Waals surface area contributed by atoms with Gasteiger partial charge in [-0.2, -0.15) is 18.4 Å². The lowest BCUT2D eigenvalue weighted by molar-refractivity contribution is -0.147. The van der Waals surface area contributed by atoms with E-state index in [1.54, 1.807) is 6.92 Å². The average molecular weight is 391 g/mol. The average Bonchev–Trinajstić information content (AvgIpc) is 3.05. The first-order valence-electron chi connectivity index (χ1n) is 6.78. The van der Waals surface area contributed by atoms with Gasteiger partial charge in [-0.15, -0.1) is 21.5 Å². The van der Waals surface area contributed by atoms with Crippen LogP contribution in [0.3, 0.4) is 0 Å². The van der Waals surface area contributed by atoms with Gasteiger partial charge in [0.15, 0.2) is 5.16 Å². The number of esters is 1. The minimum Gasteiger partial charge on any atom is -0.462 e. The second-order valence-electron chi connectivity index (χ2n) is 4.63. The number of carbonyl (C=O) groups excluding carboxylic acids is 1. The molecule has 0 fully saturated rings. The van der Waals surface area contributed by atoms with Gasteiger partial charge in [0.1, 0.15) is 15.9 Å². The van der Waals surface area contributed by atoms with Crippen LogP contribution in [0.25, 0.3) is 0 Å². The molecule has 0 aliphatic rings. The molecule has 0 radical (unpaired) electrons. The summed E-state index contributed by atoms with van der Waals surface area (Å²) in [5, 5.41) is 16.0. The molecule has 0 bridgehead atoms. The third-order valence-electron chi connectivity index (χ3n) is 3.04. The molecule has 0 aromatic carbocycles. The van der Waals surface area contributed by atoms with Crippen LogP contribution in [-0.4, -0.2) is 27.3 Å². The Hall–Kier alpha value is -2.26. The van der Waals surface area contributed by atoms with Crippen molar-refractivity contribution in [3.63, 3.8) is 0 Å². The van der Waals surface area contributed by atoms with Crippen LogP contribution in [0.2, 0.25) is 0 Å². The van der Waals surface area contributed by atoms with Gasteiger partial charge in [0.25, 0.3) is 0 Å². The molecule has 2 N–H and O–H groups in total. The molecular weight excluding hydrogens is 379 g/mol. The minimum absolute atomic E-state index is 0.00389. The van der Waals surface area contributed by atoms with Crippen molar-refractivity contribution in [3.05, 3.63) is 21.8 Å². The number of hydrogen-bond acceptors (Lipinski definition) is 8. The van der Waals surface area contributed by atoms with E-state index < -0.39 is 18.0 Å². The third-order valence-corrected chi connectivity index (χ3v) is 5.13. The first kappa shape index (κ1) is 19.1. The zero-order valence-electron chi connectivity index (χ0n) is 13.0. The summed E-state index contributed by atoms with van der Waals surface area (Å²) >= 11 is 1.82. The number of halogens is 3. The Morgan fingerprint density at radius 2 is 2.16 bits per heavy atom. The van der Waals surface area contributed by atoms with Crippen molar-refractivity contribution in [3.8, 4) is 6.07 Å². The Balaban J connectivity index is 2.31. The largest absolute Gasteiger partial charge is 0.462 e. The van der Waals surface area contributed by atoms with Crippen molar-refractivity contribution in [2.24, 2.45) is 7.05 Å². The number of nitriles is 1. The predicted octanol–water partition coefficient (Wildman–Crippen LogP) is 2.82. The highest BCUT2D eigenvalue weighted by molar-refractivity contribution is 7.98. The van der Waals surface area contributed by atoms with Crippen LogP contribution in [0.1, 0.15) is 33.5 Å². The molecule has 134 valence electrons. The van der Waals surface area contributed by atoms with E-state index in [-0.39, 0.29) is 33.0 Å². The molecular formula is C13H12F3N5O2S2. The summed E-state index contributed by atoms with van der Waals surface area (Å²) in [7, 11) is 1.19. The van der Waals surface area contributed by atoms with Crippen molar-refractivity contribution in [2.45, 2.75) is 24.0 Å². The minimum atomic E-state index is -4.62. The quantitative estimate of drug-likeness (QED) is 0.617. The Kier molecular flexibility index (Phi) is 5.58. The lowest BCUT2D eigenvalue weighted by Crippen LogP contribution is -2.13. The molecule has 12 heteroatoms. The number of thioether (sulfide) groups is 1. The van der Waals surface area contributed by atoms with E-state index in [9.17, 15) is 23.2 Å². The summed E-state index contributed by atoms with van der Waals surface area (Å²) < 4.78 is 44.0. The van der Waals surface area contributed by atoms with Gasteiger partial charge in [0.05, 0.1) is 12.2 Å². The van der Waals surface area contributed by atoms with Crippen molar-refractivity contribution in [1.82, 2.24) is 14.8 Å². The van der Waals surface area contributed by atoms with Crippen LogP contribution < -0.4 is 5.73 Å². The highest BCUT2D eigenvalue weighted by Gasteiger charge is 2.37. The van der Waals surface area contributed by atoms with E-state index in [0.717, 1.165) is 27.7 Å². The number of carbonyl (C=O) groups is 1. The Morgan fingerprint density at radius 1 is 1.48 bits per heavy atom. The van der Waals surface area contributed by atoms with Gasteiger partial charge >= 0.3 is 12.1 Å². The number of rotatable bonds is 5. The van der Waals surface area contributed by atoms with E-state index in [1.807, 2.05) is 6.07 Å². The summed E-state index contributed by atoms with van der Waals surface area (Å²) in [5.74, 6) is -1.75. The zero-order valence-corrected chi connectivity index (χ0v) is 14.7. The van der Waals surface area contributed by atoms with Crippen LogP contribution in [0.15, 0.2) is 5.16 Å². The fourth-order valence-corrected chi connectivity index (χ4v) is 3.89. The van der Waals surface area contributed by atoms with E-state index in [2.05, 4.69) is 10.2 Å². The van der Waals surface area contributed by atoms with Gasteiger partial charge in [-0.1, -0.05) is 11.8 Å². The zero-order chi connectivity index (χ0) is 18.8. The molecule has 0 amide bonds. The number of hydrogen-bond donors (Lipinski definition) is 1. The summed E-state index contributed by atoms with van der Waals surface area (Å²) in [6, 6.07) is 1.90. The van der Waals surface area contributed by atoms with E-state index in [4.69, 9.17) is 10.5 Å². The fraction of sp³-hybridized carbons (Fsp3) is 0.385. The second-order valence-corrected chi connectivity index (χ2v) is 6.63. The number of nitrogen functional groups attached to an aromatic ring is 1. The van der Waals surface area contributed by atoms with Crippen molar-refractivity contribution >= 4 is 34.1 Å². The van der Waals surface area contributed by atoms with Crippen molar-refractivity contribution in [1.29, 1.82) is 5.26 Å². The predicted molar refractivity (Wildman–Crippen MR) is 85.0 cm³/mol. The van der Waals surface area contributed by atoms with Crippen LogP contribution in [0, 0.1) is 11.3 Å². The number of nitrogens with zero attached hydrogens (tertiary/aromatic N) is 4. The molecule has 0 spiro atoms. The van der Waals surface area contributed by atoms with Gasteiger partial charge in [-0.25, -0.2) is 4.79 Å². The molecule has 0 aliphatic heterocycles. The first-order chi connectivity index (χ1) is 11.7. The standard InChI is InChI=1S/C13H12F3N5O2S2/c1-3-23-10(22)8-7(6(4-17)9(18)25-8)5-24-12-20-19-11(21(12)2)13(14,15)16/h3,5,18H2,1-2H3. The van der Waals surface area contributed by atoms with E-state index >= 15 is 0 Å². The van der Waals surface area contributed by atoms with Gasteiger partial charge < -0.3 is 15.0 Å². The summed E-state index contributed by atoms with van der Waals surface area (Å²) in [4.78, 5) is 12.1. The summed E-state index contributed by atoms with van der Waals surface area (Å²) in [5.41, 5.74) is 6.16.